The first kappa shape index (κ1) is 21.3. The maximum absolute atomic E-state index is 14.5. The van der Waals surface area contributed by atoms with Gasteiger partial charge in [-0.1, -0.05) is 29.8 Å². The predicted octanol–water partition coefficient (Wildman–Crippen LogP) is 3.90. The van der Waals surface area contributed by atoms with Gasteiger partial charge >= 0.3 is 0 Å². The summed E-state index contributed by atoms with van der Waals surface area (Å²) in [7, 11) is -3.98. The molecule has 1 amide bonds. The molecule has 8 heteroatoms. The molecule has 0 atom stereocenters. The second-order valence-electron chi connectivity index (χ2n) is 7.56. The third kappa shape index (κ3) is 4.40. The van der Waals surface area contributed by atoms with Crippen LogP contribution in [0.1, 0.15) is 23.3 Å². The molecule has 0 saturated carbocycles. The second kappa shape index (κ2) is 8.64. The number of rotatable bonds is 6. The van der Waals surface area contributed by atoms with Gasteiger partial charge in [0.1, 0.15) is 11.6 Å². The van der Waals surface area contributed by atoms with Crippen molar-refractivity contribution in [3.05, 3.63) is 83.6 Å². The SMILES string of the molecule is Cc1ccc(S(=O)(=O)N(CC(=O)N2CCCc3cccc(F)c32)Cc2ccco2)cc1. The summed E-state index contributed by atoms with van der Waals surface area (Å²) in [6.45, 7) is 1.67. The fourth-order valence-electron chi connectivity index (χ4n) is 3.75. The molecular weight excluding hydrogens is 419 g/mol. The first-order valence-electron chi connectivity index (χ1n) is 10.0. The molecule has 1 aliphatic heterocycles. The lowest BCUT2D eigenvalue weighted by Gasteiger charge is -2.31. The summed E-state index contributed by atoms with van der Waals surface area (Å²) in [5, 5.41) is 0. The quantitative estimate of drug-likeness (QED) is 0.581. The van der Waals surface area contributed by atoms with Gasteiger partial charge in [0, 0.05) is 6.54 Å². The van der Waals surface area contributed by atoms with Crippen molar-refractivity contribution in [2.24, 2.45) is 0 Å². The third-order valence-corrected chi connectivity index (χ3v) is 7.16. The summed E-state index contributed by atoms with van der Waals surface area (Å²) in [5.74, 6) is -0.550. The molecule has 0 fully saturated rings. The van der Waals surface area contributed by atoms with Crippen LogP contribution in [0, 0.1) is 12.7 Å². The Morgan fingerprint density at radius 2 is 1.90 bits per heavy atom. The van der Waals surface area contributed by atoms with Crippen molar-refractivity contribution in [2.45, 2.75) is 31.2 Å². The van der Waals surface area contributed by atoms with E-state index in [4.69, 9.17) is 4.42 Å². The van der Waals surface area contributed by atoms with E-state index in [-0.39, 0.29) is 17.1 Å². The number of fused-ring (bicyclic) bond motifs is 1. The molecule has 0 aliphatic carbocycles. The van der Waals surface area contributed by atoms with E-state index in [2.05, 4.69) is 0 Å². The van der Waals surface area contributed by atoms with Crippen molar-refractivity contribution in [3.8, 4) is 0 Å². The molecule has 3 aromatic rings. The molecule has 0 saturated heterocycles. The van der Waals surface area contributed by atoms with Gasteiger partial charge in [-0.3, -0.25) is 4.79 Å². The van der Waals surface area contributed by atoms with E-state index in [9.17, 15) is 17.6 Å². The van der Waals surface area contributed by atoms with Gasteiger partial charge in [0.15, 0.2) is 0 Å². The number of carbonyl (C=O) groups is 1. The topological polar surface area (TPSA) is 70.8 Å². The summed E-state index contributed by atoms with van der Waals surface area (Å²) < 4.78 is 47.6. The Kier molecular flexibility index (Phi) is 5.93. The van der Waals surface area contributed by atoms with Gasteiger partial charge in [0.05, 0.1) is 29.9 Å². The van der Waals surface area contributed by atoms with E-state index >= 15 is 0 Å². The number of nitrogens with zero attached hydrogens (tertiary/aromatic N) is 2. The lowest BCUT2D eigenvalue weighted by molar-refractivity contribution is -0.119. The molecule has 4 rings (SSSR count). The van der Waals surface area contributed by atoms with Gasteiger partial charge in [0.2, 0.25) is 15.9 Å². The van der Waals surface area contributed by atoms with Crippen molar-refractivity contribution in [1.82, 2.24) is 4.31 Å². The number of furan rings is 1. The number of amides is 1. The highest BCUT2D eigenvalue weighted by molar-refractivity contribution is 7.89. The minimum atomic E-state index is -3.98. The van der Waals surface area contributed by atoms with Crippen molar-refractivity contribution in [2.75, 3.05) is 18.0 Å². The van der Waals surface area contributed by atoms with E-state index in [1.165, 1.54) is 29.4 Å². The number of hydrogen-bond donors (Lipinski definition) is 0. The molecule has 2 aromatic carbocycles. The van der Waals surface area contributed by atoms with Gasteiger partial charge in [-0.15, -0.1) is 0 Å². The number of sulfonamides is 1. The Hall–Kier alpha value is -2.97. The summed E-state index contributed by atoms with van der Waals surface area (Å²) in [6.07, 6.45) is 2.81. The van der Waals surface area contributed by atoms with E-state index in [1.54, 1.807) is 36.4 Å². The minimum Gasteiger partial charge on any atom is -0.468 e. The predicted molar refractivity (Wildman–Crippen MR) is 115 cm³/mol. The van der Waals surface area contributed by atoms with Gasteiger partial charge in [-0.2, -0.15) is 4.31 Å². The number of aryl methyl sites for hydroxylation is 2. The summed E-state index contributed by atoms with van der Waals surface area (Å²) in [6, 6.07) is 14.5. The molecule has 2 heterocycles. The first-order chi connectivity index (χ1) is 14.9. The third-order valence-electron chi connectivity index (χ3n) is 5.35. The van der Waals surface area contributed by atoms with Crippen LogP contribution in [-0.4, -0.2) is 31.7 Å². The van der Waals surface area contributed by atoms with E-state index < -0.39 is 28.3 Å². The molecule has 0 radical (unpaired) electrons. The average Bonchev–Trinajstić information content (AvgIpc) is 3.26. The minimum absolute atomic E-state index is 0.0858. The highest BCUT2D eigenvalue weighted by Gasteiger charge is 2.32. The van der Waals surface area contributed by atoms with Crippen LogP contribution in [0.2, 0.25) is 0 Å². The van der Waals surface area contributed by atoms with Crippen molar-refractivity contribution in [3.63, 3.8) is 0 Å². The Morgan fingerprint density at radius 3 is 2.61 bits per heavy atom. The number of carbonyl (C=O) groups excluding carboxylic acids is 1. The highest BCUT2D eigenvalue weighted by atomic mass is 32.2. The maximum atomic E-state index is 14.5. The summed E-state index contributed by atoms with van der Waals surface area (Å²) >= 11 is 0. The maximum Gasteiger partial charge on any atom is 0.243 e. The number of benzene rings is 2. The van der Waals surface area contributed by atoms with Crippen LogP contribution in [0.4, 0.5) is 10.1 Å². The molecule has 0 bridgehead atoms. The fraction of sp³-hybridized carbons (Fsp3) is 0.261. The summed E-state index contributed by atoms with van der Waals surface area (Å²) in [5.41, 5.74) is 1.91. The van der Waals surface area contributed by atoms with Crippen molar-refractivity contribution < 1.29 is 22.0 Å². The van der Waals surface area contributed by atoms with Crippen LogP contribution >= 0.6 is 0 Å². The lowest BCUT2D eigenvalue weighted by Crippen LogP contribution is -2.44. The van der Waals surface area contributed by atoms with Gasteiger partial charge in [-0.05, 0) is 55.7 Å². The zero-order valence-corrected chi connectivity index (χ0v) is 17.9. The molecule has 1 aromatic heterocycles. The van der Waals surface area contributed by atoms with Crippen LogP contribution in [0.15, 0.2) is 70.2 Å². The number of para-hydroxylation sites is 1. The standard InChI is InChI=1S/C23H23FN2O4S/c1-17-9-11-20(12-10-17)31(28,29)25(15-19-7-4-14-30-19)16-22(27)26-13-3-6-18-5-2-8-21(24)23(18)26/h2,4-5,7-12,14H,3,6,13,15-16H2,1H3. The Bertz CT molecular complexity index is 1170. The van der Waals surface area contributed by atoms with Crippen LogP contribution in [-0.2, 0) is 27.8 Å². The van der Waals surface area contributed by atoms with Crippen LogP contribution in [0.25, 0.3) is 0 Å². The van der Waals surface area contributed by atoms with Gasteiger partial charge in [0.25, 0.3) is 0 Å². The largest absolute Gasteiger partial charge is 0.468 e. The van der Waals surface area contributed by atoms with E-state index in [0.29, 0.717) is 25.1 Å². The molecule has 6 nitrogen and oxygen atoms in total. The number of anilines is 1. The summed E-state index contributed by atoms with van der Waals surface area (Å²) in [4.78, 5) is 14.6. The smallest absolute Gasteiger partial charge is 0.243 e. The zero-order chi connectivity index (χ0) is 22.0. The molecule has 0 spiro atoms. The lowest BCUT2D eigenvalue weighted by atomic mass is 10.0. The van der Waals surface area contributed by atoms with Gasteiger partial charge in [-0.25, -0.2) is 12.8 Å². The second-order valence-corrected chi connectivity index (χ2v) is 9.50. The molecule has 1 aliphatic rings. The van der Waals surface area contributed by atoms with Gasteiger partial charge < -0.3 is 9.32 Å². The van der Waals surface area contributed by atoms with E-state index in [0.717, 1.165) is 15.4 Å². The normalized spacial score (nSPS) is 14.0. The highest BCUT2D eigenvalue weighted by Crippen LogP contribution is 2.30. The molecule has 31 heavy (non-hydrogen) atoms. The van der Waals surface area contributed by atoms with E-state index in [1.807, 2.05) is 6.92 Å². The van der Waals surface area contributed by atoms with Crippen LogP contribution in [0.3, 0.4) is 0 Å². The average molecular weight is 443 g/mol. The van der Waals surface area contributed by atoms with Crippen LogP contribution in [0.5, 0.6) is 0 Å². The molecule has 162 valence electrons. The Balaban J connectivity index is 1.66. The Labute approximate surface area is 180 Å². The van der Waals surface area contributed by atoms with Crippen molar-refractivity contribution >= 4 is 21.6 Å². The number of halogens is 1. The number of hydrogen-bond acceptors (Lipinski definition) is 4. The first-order valence-corrected chi connectivity index (χ1v) is 11.5. The molecule has 0 unspecified atom stereocenters. The monoisotopic (exact) mass is 442 g/mol. The molecule has 0 N–H and O–H groups in total. The van der Waals surface area contributed by atoms with Crippen molar-refractivity contribution in [1.29, 1.82) is 0 Å². The zero-order valence-electron chi connectivity index (χ0n) is 17.1. The molecular formula is C23H23FN2O4S. The van der Waals surface area contributed by atoms with Crippen LogP contribution < -0.4 is 4.90 Å². The Morgan fingerprint density at radius 1 is 1.13 bits per heavy atom. The fourth-order valence-corrected chi connectivity index (χ4v) is 5.11.